The third-order valence-electron chi connectivity index (χ3n) is 3.29. The van der Waals surface area contributed by atoms with Crippen molar-refractivity contribution < 1.29 is 24.0 Å². The summed E-state index contributed by atoms with van der Waals surface area (Å²) in [5.74, 6) is -2.60. The summed E-state index contributed by atoms with van der Waals surface area (Å²) in [4.78, 5) is 58.1. The van der Waals surface area contributed by atoms with Crippen LogP contribution in [0, 0.1) is 0 Å². The Balaban J connectivity index is 4.50. The summed E-state index contributed by atoms with van der Waals surface area (Å²) in [5, 5.41) is 9.68. The van der Waals surface area contributed by atoms with Crippen LogP contribution in [0.15, 0.2) is 0 Å². The molecule has 4 atom stereocenters. The van der Waals surface area contributed by atoms with Gasteiger partial charge in [0.1, 0.15) is 18.1 Å². The standard InChI is InChI=1S/C15H25ClN4O5/c1-7(12(22)6-16)18-14(24)9(3)20-15(25)10(4)19-13(23)8(2)17-11(5)21/h7-10H,6H2,1-5H3,(H,17,21)(H,18,24)(H,19,23)(H,20,25)/t7-,8-,9-,10-/m0/s1. The van der Waals surface area contributed by atoms with Crippen LogP contribution < -0.4 is 21.3 Å². The Morgan fingerprint density at radius 1 is 0.680 bits per heavy atom. The third kappa shape index (κ3) is 8.48. The number of carbonyl (C=O) groups is 5. The first-order valence-electron chi connectivity index (χ1n) is 7.76. The minimum absolute atomic E-state index is 0.224. The van der Waals surface area contributed by atoms with Gasteiger partial charge in [-0.15, -0.1) is 11.6 Å². The van der Waals surface area contributed by atoms with Crippen LogP contribution in [-0.4, -0.2) is 59.5 Å². The maximum Gasteiger partial charge on any atom is 0.242 e. The van der Waals surface area contributed by atoms with E-state index in [9.17, 15) is 24.0 Å². The Hall–Kier alpha value is -2.16. The molecule has 4 N–H and O–H groups in total. The molecule has 142 valence electrons. The van der Waals surface area contributed by atoms with Crippen LogP contribution in [0.25, 0.3) is 0 Å². The maximum atomic E-state index is 12.0. The van der Waals surface area contributed by atoms with Gasteiger partial charge in [0, 0.05) is 6.92 Å². The third-order valence-corrected chi connectivity index (χ3v) is 3.55. The number of Topliss-reactive ketones (excluding diaryl/α,β-unsaturated/α-hetero) is 1. The lowest BCUT2D eigenvalue weighted by atomic mass is 10.2. The number of amides is 4. The van der Waals surface area contributed by atoms with Gasteiger partial charge in [0.25, 0.3) is 0 Å². The molecule has 0 aromatic heterocycles. The second-order valence-electron chi connectivity index (χ2n) is 5.71. The zero-order valence-electron chi connectivity index (χ0n) is 14.9. The number of ketones is 1. The molecule has 0 unspecified atom stereocenters. The van der Waals surface area contributed by atoms with Crippen LogP contribution >= 0.6 is 11.6 Å². The van der Waals surface area contributed by atoms with Crippen LogP contribution in [0.3, 0.4) is 0 Å². The zero-order valence-corrected chi connectivity index (χ0v) is 15.7. The molecule has 0 aliphatic rings. The van der Waals surface area contributed by atoms with Crippen LogP contribution in [0.4, 0.5) is 0 Å². The number of rotatable bonds is 9. The van der Waals surface area contributed by atoms with Gasteiger partial charge in [-0.3, -0.25) is 24.0 Å². The first-order chi connectivity index (χ1) is 11.5. The highest BCUT2D eigenvalue weighted by molar-refractivity contribution is 6.28. The number of carbonyl (C=O) groups excluding carboxylic acids is 5. The molecular formula is C15H25ClN4O5. The van der Waals surface area contributed by atoms with Gasteiger partial charge in [0.15, 0.2) is 5.78 Å². The normalized spacial score (nSPS) is 15.1. The van der Waals surface area contributed by atoms with Crippen molar-refractivity contribution in [2.24, 2.45) is 0 Å². The van der Waals surface area contributed by atoms with Gasteiger partial charge < -0.3 is 21.3 Å². The Bertz CT molecular complexity index is 540. The molecule has 0 aromatic carbocycles. The first-order valence-corrected chi connectivity index (χ1v) is 8.29. The summed E-state index contributed by atoms with van der Waals surface area (Å²) >= 11 is 5.40. The molecule has 0 aromatic rings. The summed E-state index contributed by atoms with van der Waals surface area (Å²) in [7, 11) is 0. The predicted octanol–water partition coefficient (Wildman–Crippen LogP) is -1.17. The van der Waals surface area contributed by atoms with Crippen molar-refractivity contribution in [1.82, 2.24) is 21.3 Å². The number of nitrogens with one attached hydrogen (secondary N) is 4. The molecule has 0 radical (unpaired) electrons. The minimum atomic E-state index is -0.916. The van der Waals surface area contributed by atoms with Crippen molar-refractivity contribution in [3.05, 3.63) is 0 Å². The van der Waals surface area contributed by atoms with E-state index in [1.165, 1.54) is 34.6 Å². The Labute approximate surface area is 151 Å². The molecule has 0 saturated carbocycles. The van der Waals surface area contributed by atoms with Crippen LogP contribution in [0.5, 0.6) is 0 Å². The lowest BCUT2D eigenvalue weighted by Gasteiger charge is -2.21. The van der Waals surface area contributed by atoms with Crippen molar-refractivity contribution in [3.63, 3.8) is 0 Å². The van der Waals surface area contributed by atoms with E-state index in [2.05, 4.69) is 21.3 Å². The predicted molar refractivity (Wildman–Crippen MR) is 91.8 cm³/mol. The lowest BCUT2D eigenvalue weighted by molar-refractivity contribution is -0.133. The quantitative estimate of drug-likeness (QED) is 0.376. The van der Waals surface area contributed by atoms with Gasteiger partial charge >= 0.3 is 0 Å². The first kappa shape index (κ1) is 22.8. The Kier molecular flexibility index (Phi) is 9.73. The minimum Gasteiger partial charge on any atom is -0.345 e. The number of halogens is 1. The second-order valence-corrected chi connectivity index (χ2v) is 5.98. The van der Waals surface area contributed by atoms with Gasteiger partial charge in [-0.05, 0) is 27.7 Å². The molecule has 0 bridgehead atoms. The summed E-state index contributed by atoms with van der Waals surface area (Å²) in [6.07, 6.45) is 0. The smallest absolute Gasteiger partial charge is 0.242 e. The topological polar surface area (TPSA) is 133 Å². The van der Waals surface area contributed by atoms with Crippen LogP contribution in [-0.2, 0) is 24.0 Å². The molecule has 0 aliphatic heterocycles. The van der Waals surface area contributed by atoms with Gasteiger partial charge in [-0.1, -0.05) is 0 Å². The average Bonchev–Trinajstić information content (AvgIpc) is 2.52. The highest BCUT2D eigenvalue weighted by Crippen LogP contribution is 1.93. The van der Waals surface area contributed by atoms with E-state index >= 15 is 0 Å². The molecule has 0 heterocycles. The molecule has 10 heteroatoms. The zero-order chi connectivity index (χ0) is 19.7. The molecule has 25 heavy (non-hydrogen) atoms. The largest absolute Gasteiger partial charge is 0.345 e. The molecule has 0 fully saturated rings. The SMILES string of the molecule is CC(=O)N[C@@H](C)C(=O)N[C@@H](C)C(=O)N[C@@H](C)C(=O)N[C@@H](C)C(=O)CCl. The molecule has 0 saturated heterocycles. The number of hydrogen-bond donors (Lipinski definition) is 4. The Morgan fingerprint density at radius 2 is 1.00 bits per heavy atom. The summed E-state index contributed by atoms with van der Waals surface area (Å²) in [5.41, 5.74) is 0. The maximum absolute atomic E-state index is 12.0. The number of alkyl halides is 1. The fourth-order valence-electron chi connectivity index (χ4n) is 1.71. The molecule has 0 spiro atoms. The number of hydrogen-bond acceptors (Lipinski definition) is 5. The molecule has 0 rings (SSSR count). The van der Waals surface area contributed by atoms with Crippen molar-refractivity contribution >= 4 is 41.0 Å². The molecule has 9 nitrogen and oxygen atoms in total. The summed E-state index contributed by atoms with van der Waals surface area (Å²) in [6.45, 7) is 7.13. The molecular weight excluding hydrogens is 352 g/mol. The lowest BCUT2D eigenvalue weighted by Crippen LogP contribution is -2.55. The van der Waals surface area contributed by atoms with E-state index in [4.69, 9.17) is 11.6 Å². The van der Waals surface area contributed by atoms with E-state index in [-0.39, 0.29) is 17.6 Å². The second kappa shape index (κ2) is 10.7. The van der Waals surface area contributed by atoms with E-state index in [0.717, 1.165) is 0 Å². The molecule has 4 amide bonds. The highest BCUT2D eigenvalue weighted by Gasteiger charge is 2.24. The summed E-state index contributed by atoms with van der Waals surface area (Å²) in [6, 6.07) is -3.39. The van der Waals surface area contributed by atoms with Gasteiger partial charge in [0.2, 0.25) is 23.6 Å². The van der Waals surface area contributed by atoms with E-state index < -0.39 is 41.9 Å². The van der Waals surface area contributed by atoms with Crippen molar-refractivity contribution in [2.75, 3.05) is 5.88 Å². The fourth-order valence-corrected chi connectivity index (χ4v) is 1.94. The highest BCUT2D eigenvalue weighted by atomic mass is 35.5. The average molecular weight is 377 g/mol. The van der Waals surface area contributed by atoms with Gasteiger partial charge in [-0.2, -0.15) is 0 Å². The van der Waals surface area contributed by atoms with Crippen molar-refractivity contribution in [2.45, 2.75) is 58.8 Å². The Morgan fingerprint density at radius 3 is 1.32 bits per heavy atom. The molecule has 0 aliphatic carbocycles. The van der Waals surface area contributed by atoms with E-state index in [1.54, 1.807) is 0 Å². The van der Waals surface area contributed by atoms with Gasteiger partial charge in [0.05, 0.1) is 11.9 Å². The van der Waals surface area contributed by atoms with Gasteiger partial charge in [-0.25, -0.2) is 0 Å². The monoisotopic (exact) mass is 376 g/mol. The van der Waals surface area contributed by atoms with Crippen molar-refractivity contribution in [1.29, 1.82) is 0 Å². The van der Waals surface area contributed by atoms with Crippen LogP contribution in [0.2, 0.25) is 0 Å². The van der Waals surface area contributed by atoms with E-state index in [0.29, 0.717) is 0 Å². The van der Waals surface area contributed by atoms with Crippen molar-refractivity contribution in [3.8, 4) is 0 Å². The summed E-state index contributed by atoms with van der Waals surface area (Å²) < 4.78 is 0. The fraction of sp³-hybridized carbons (Fsp3) is 0.667. The van der Waals surface area contributed by atoms with Crippen LogP contribution in [0.1, 0.15) is 34.6 Å². The van der Waals surface area contributed by atoms with E-state index in [1.807, 2.05) is 0 Å².